The summed E-state index contributed by atoms with van der Waals surface area (Å²) in [6, 6.07) is 12.8. The largest absolute Gasteiger partial charge is 0.419 e. The summed E-state index contributed by atoms with van der Waals surface area (Å²) in [7, 11) is 0. The van der Waals surface area contributed by atoms with Crippen LogP contribution in [0.2, 0.25) is 5.02 Å². The number of halogens is 1. The first kappa shape index (κ1) is 19.4. The van der Waals surface area contributed by atoms with Gasteiger partial charge in [-0.25, -0.2) is 4.68 Å². The summed E-state index contributed by atoms with van der Waals surface area (Å²) in [5.41, 5.74) is 3.10. The summed E-state index contributed by atoms with van der Waals surface area (Å²) in [5.74, 6) is 0.726. The van der Waals surface area contributed by atoms with Gasteiger partial charge in [0.25, 0.3) is 5.91 Å². The zero-order chi connectivity index (χ0) is 21.4. The molecule has 0 unspecified atom stereocenters. The number of hydrogen-bond donors (Lipinski definition) is 0. The lowest BCUT2D eigenvalue weighted by Gasteiger charge is -2.21. The van der Waals surface area contributed by atoms with Crippen LogP contribution in [0.25, 0.3) is 17.1 Å². The number of hydrogen-bond acceptors (Lipinski definition) is 7. The Morgan fingerprint density at radius 2 is 2.00 bits per heavy atom. The second-order valence-corrected chi connectivity index (χ2v) is 7.86. The Labute approximate surface area is 182 Å². The van der Waals surface area contributed by atoms with Gasteiger partial charge in [-0.2, -0.15) is 0 Å². The van der Waals surface area contributed by atoms with Crippen LogP contribution < -0.4 is 0 Å². The minimum Gasteiger partial charge on any atom is -0.419 e. The zero-order valence-corrected chi connectivity index (χ0v) is 17.4. The minimum absolute atomic E-state index is 0.0693. The van der Waals surface area contributed by atoms with E-state index in [9.17, 15) is 4.79 Å². The topological polar surface area (TPSA) is 103 Å². The lowest BCUT2D eigenvalue weighted by atomic mass is 10.1. The zero-order valence-electron chi connectivity index (χ0n) is 16.6. The first-order valence-electron chi connectivity index (χ1n) is 9.82. The molecule has 1 amide bonds. The monoisotopic (exact) mass is 435 g/mol. The van der Waals surface area contributed by atoms with E-state index in [1.54, 1.807) is 27.8 Å². The van der Waals surface area contributed by atoms with Crippen LogP contribution in [0.15, 0.2) is 53.2 Å². The quantitative estimate of drug-likeness (QED) is 0.456. The fourth-order valence-corrected chi connectivity index (χ4v) is 3.53. The third kappa shape index (κ3) is 4.04. The maximum Gasteiger partial charge on any atom is 0.254 e. The molecule has 5 rings (SSSR count). The van der Waals surface area contributed by atoms with Crippen LogP contribution in [0.4, 0.5) is 0 Å². The van der Waals surface area contributed by atoms with Crippen molar-refractivity contribution in [1.82, 2.24) is 35.3 Å². The Balaban J connectivity index is 1.36. The lowest BCUT2D eigenvalue weighted by molar-refractivity contribution is 0.0714. The molecule has 2 aromatic heterocycles. The molecule has 1 fully saturated rings. The van der Waals surface area contributed by atoms with Crippen LogP contribution in [-0.2, 0) is 6.54 Å². The molecule has 0 saturated heterocycles. The molecule has 0 aliphatic heterocycles. The van der Waals surface area contributed by atoms with Gasteiger partial charge in [-0.05, 0) is 78.2 Å². The molecule has 0 radical (unpaired) electrons. The Hall–Kier alpha value is -3.59. The maximum atomic E-state index is 13.3. The second kappa shape index (κ2) is 7.92. The number of benzene rings is 2. The van der Waals surface area contributed by atoms with Gasteiger partial charge < -0.3 is 9.32 Å². The molecule has 0 atom stereocenters. The molecular weight excluding hydrogens is 418 g/mol. The highest BCUT2D eigenvalue weighted by molar-refractivity contribution is 6.30. The molecule has 2 aromatic carbocycles. The number of rotatable bonds is 6. The van der Waals surface area contributed by atoms with E-state index in [2.05, 4.69) is 25.7 Å². The van der Waals surface area contributed by atoms with E-state index in [0.29, 0.717) is 22.4 Å². The van der Waals surface area contributed by atoms with Gasteiger partial charge in [0.2, 0.25) is 11.8 Å². The number of aromatic nitrogens is 6. The third-order valence-corrected chi connectivity index (χ3v) is 5.40. The Kier molecular flexibility index (Phi) is 4.95. The number of nitrogens with zero attached hydrogens (tertiary/aromatic N) is 7. The normalized spacial score (nSPS) is 13.4. The number of amides is 1. The average Bonchev–Trinajstić information content (AvgIpc) is 3.26. The smallest absolute Gasteiger partial charge is 0.254 e. The third-order valence-electron chi connectivity index (χ3n) is 5.15. The standard InChI is InChI=1S/C21H18ClN7O2/c1-13-10-15(4-9-18(13)29-12-23-26-27-29)21(30)28(17-7-8-17)11-19-24-25-20(31-19)14-2-5-16(22)6-3-14/h2-6,9-10,12,17H,7-8,11H2,1H3. The predicted octanol–water partition coefficient (Wildman–Crippen LogP) is 3.48. The molecule has 2 heterocycles. The van der Waals surface area contributed by atoms with Crippen molar-refractivity contribution >= 4 is 17.5 Å². The maximum absolute atomic E-state index is 13.3. The van der Waals surface area contributed by atoms with Crippen LogP contribution in [0.1, 0.15) is 34.7 Å². The molecular formula is C21H18ClN7O2. The molecule has 0 spiro atoms. The molecule has 31 heavy (non-hydrogen) atoms. The molecule has 1 saturated carbocycles. The van der Waals surface area contributed by atoms with Crippen molar-refractivity contribution < 1.29 is 9.21 Å². The molecule has 1 aliphatic rings. The minimum atomic E-state index is -0.0693. The molecule has 10 heteroatoms. The second-order valence-electron chi connectivity index (χ2n) is 7.43. The van der Waals surface area contributed by atoms with Crippen LogP contribution >= 0.6 is 11.6 Å². The summed E-state index contributed by atoms with van der Waals surface area (Å²) in [6.07, 6.45) is 3.45. The highest BCUT2D eigenvalue weighted by atomic mass is 35.5. The van der Waals surface area contributed by atoms with Crippen LogP contribution in [-0.4, -0.2) is 47.3 Å². The molecule has 0 N–H and O–H groups in total. The average molecular weight is 436 g/mol. The van der Waals surface area contributed by atoms with Crippen molar-refractivity contribution in [2.24, 2.45) is 0 Å². The fraction of sp³-hybridized carbons (Fsp3) is 0.238. The number of aryl methyl sites for hydroxylation is 1. The van der Waals surface area contributed by atoms with Gasteiger partial charge in [-0.3, -0.25) is 4.79 Å². The van der Waals surface area contributed by atoms with Crippen molar-refractivity contribution in [3.63, 3.8) is 0 Å². The van der Waals surface area contributed by atoms with Gasteiger partial charge >= 0.3 is 0 Å². The van der Waals surface area contributed by atoms with Gasteiger partial charge in [-0.15, -0.1) is 15.3 Å². The Bertz CT molecular complexity index is 1220. The van der Waals surface area contributed by atoms with Gasteiger partial charge in [-0.1, -0.05) is 11.6 Å². The van der Waals surface area contributed by atoms with Crippen molar-refractivity contribution in [2.45, 2.75) is 32.4 Å². The highest BCUT2D eigenvalue weighted by Gasteiger charge is 2.34. The fourth-order valence-electron chi connectivity index (χ4n) is 3.41. The van der Waals surface area contributed by atoms with E-state index in [1.165, 1.54) is 6.33 Å². The van der Waals surface area contributed by atoms with Crippen molar-refractivity contribution in [2.75, 3.05) is 0 Å². The summed E-state index contributed by atoms with van der Waals surface area (Å²) in [4.78, 5) is 15.1. The van der Waals surface area contributed by atoms with Crippen molar-refractivity contribution in [3.8, 4) is 17.1 Å². The Morgan fingerprint density at radius 3 is 2.68 bits per heavy atom. The molecule has 0 bridgehead atoms. The predicted molar refractivity (Wildman–Crippen MR) is 112 cm³/mol. The Morgan fingerprint density at radius 1 is 1.19 bits per heavy atom. The number of carbonyl (C=O) groups is 1. The van der Waals surface area contributed by atoms with Gasteiger partial charge in [0.15, 0.2) is 0 Å². The van der Waals surface area contributed by atoms with Gasteiger partial charge in [0, 0.05) is 22.2 Å². The van der Waals surface area contributed by atoms with Crippen molar-refractivity contribution in [3.05, 3.63) is 70.8 Å². The van der Waals surface area contributed by atoms with E-state index in [4.69, 9.17) is 16.0 Å². The van der Waals surface area contributed by atoms with Crippen LogP contribution in [0.3, 0.4) is 0 Å². The summed E-state index contributed by atoms with van der Waals surface area (Å²) in [6.45, 7) is 2.18. The summed E-state index contributed by atoms with van der Waals surface area (Å²) >= 11 is 5.94. The number of tetrazole rings is 1. The molecule has 156 valence electrons. The SMILES string of the molecule is Cc1cc(C(=O)N(Cc2nnc(-c3ccc(Cl)cc3)o2)C2CC2)ccc1-n1cnnn1. The first-order chi connectivity index (χ1) is 15.1. The van der Waals surface area contributed by atoms with Crippen LogP contribution in [0, 0.1) is 6.92 Å². The first-order valence-corrected chi connectivity index (χ1v) is 10.2. The van der Waals surface area contributed by atoms with Gasteiger partial charge in [0.05, 0.1) is 12.2 Å². The highest BCUT2D eigenvalue weighted by Crippen LogP contribution is 2.31. The molecule has 9 nitrogen and oxygen atoms in total. The van der Waals surface area contributed by atoms with E-state index in [1.807, 2.05) is 31.2 Å². The van der Waals surface area contributed by atoms with Crippen molar-refractivity contribution in [1.29, 1.82) is 0 Å². The van der Waals surface area contributed by atoms with E-state index in [-0.39, 0.29) is 18.5 Å². The summed E-state index contributed by atoms with van der Waals surface area (Å²) in [5, 5.41) is 20.1. The number of carbonyl (C=O) groups excluding carboxylic acids is 1. The van der Waals surface area contributed by atoms with Gasteiger partial charge in [0.1, 0.15) is 6.33 Å². The van der Waals surface area contributed by atoms with E-state index < -0.39 is 0 Å². The van der Waals surface area contributed by atoms with Crippen LogP contribution in [0.5, 0.6) is 0 Å². The molecule has 1 aliphatic carbocycles. The van der Waals surface area contributed by atoms with E-state index in [0.717, 1.165) is 29.7 Å². The molecule has 4 aromatic rings. The summed E-state index contributed by atoms with van der Waals surface area (Å²) < 4.78 is 7.38. The van der Waals surface area contributed by atoms with E-state index >= 15 is 0 Å². The lowest BCUT2D eigenvalue weighted by Crippen LogP contribution is -2.32.